The number of aromatic nitrogens is 2. The average Bonchev–Trinajstić information content (AvgIpc) is 2.45. The Kier molecular flexibility index (Phi) is 4.64. The number of benzene rings is 1. The molecule has 5 nitrogen and oxygen atoms in total. The van der Waals surface area contributed by atoms with Crippen molar-refractivity contribution in [3.63, 3.8) is 0 Å². The van der Waals surface area contributed by atoms with Crippen LogP contribution < -0.4 is 5.32 Å². The Balaban J connectivity index is 2.32. The van der Waals surface area contributed by atoms with Crippen molar-refractivity contribution in [3.8, 4) is 6.07 Å². The second-order valence-electron chi connectivity index (χ2n) is 4.66. The molecule has 2 unspecified atom stereocenters. The molecule has 20 heavy (non-hydrogen) atoms. The van der Waals surface area contributed by atoms with Crippen LogP contribution in [0.25, 0.3) is 10.9 Å². The summed E-state index contributed by atoms with van der Waals surface area (Å²) in [6.07, 6.45) is 2.46. The van der Waals surface area contributed by atoms with E-state index in [0.29, 0.717) is 11.4 Å². The van der Waals surface area contributed by atoms with Crippen LogP contribution >= 0.6 is 0 Å². The maximum absolute atomic E-state index is 11.1. The Hall–Kier alpha value is -2.00. The molecule has 0 bridgehead atoms. The molecule has 1 N–H and O–H groups in total. The van der Waals surface area contributed by atoms with Gasteiger partial charge in [0.15, 0.2) is 5.69 Å². The zero-order valence-electron chi connectivity index (χ0n) is 11.5. The van der Waals surface area contributed by atoms with Gasteiger partial charge in [0.2, 0.25) is 0 Å². The second-order valence-corrected chi connectivity index (χ2v) is 6.22. The number of hydrogen-bond donors (Lipinski definition) is 1. The summed E-state index contributed by atoms with van der Waals surface area (Å²) in [5.41, 5.74) is 1.74. The van der Waals surface area contributed by atoms with Gasteiger partial charge in [0.25, 0.3) is 0 Å². The molecule has 0 saturated carbocycles. The van der Waals surface area contributed by atoms with Crippen LogP contribution in [0.3, 0.4) is 0 Å². The molecular formula is C14H16N4OS. The van der Waals surface area contributed by atoms with Crippen molar-refractivity contribution in [2.45, 2.75) is 19.4 Å². The maximum Gasteiger partial charge on any atom is 0.186 e. The smallest absolute Gasteiger partial charge is 0.186 e. The van der Waals surface area contributed by atoms with Gasteiger partial charge in [0.05, 0.1) is 11.2 Å². The van der Waals surface area contributed by atoms with Crippen molar-refractivity contribution < 1.29 is 4.21 Å². The molecule has 1 aromatic heterocycles. The number of rotatable bonds is 5. The van der Waals surface area contributed by atoms with Crippen molar-refractivity contribution in [1.82, 2.24) is 10.2 Å². The van der Waals surface area contributed by atoms with E-state index < -0.39 is 10.8 Å². The summed E-state index contributed by atoms with van der Waals surface area (Å²) in [5.74, 6) is 0.631. The molecule has 1 aromatic carbocycles. The molecule has 6 heteroatoms. The summed E-state index contributed by atoms with van der Waals surface area (Å²) < 4.78 is 11.1. The molecule has 0 aliphatic rings. The van der Waals surface area contributed by atoms with Gasteiger partial charge in [0.1, 0.15) is 6.07 Å². The Labute approximate surface area is 120 Å². The average molecular weight is 288 g/mol. The molecule has 2 atom stereocenters. The SMILES string of the molecule is CC(CCS(C)=O)Nc1c(C#N)nnc2ccccc12. The third-order valence-electron chi connectivity index (χ3n) is 3.00. The van der Waals surface area contributed by atoms with Crippen LogP contribution in [0.1, 0.15) is 19.0 Å². The van der Waals surface area contributed by atoms with Crippen molar-refractivity contribution in [2.24, 2.45) is 0 Å². The number of nitrogens with zero attached hydrogens (tertiary/aromatic N) is 3. The zero-order chi connectivity index (χ0) is 14.5. The fourth-order valence-corrected chi connectivity index (χ4v) is 2.62. The molecule has 0 fully saturated rings. The third kappa shape index (κ3) is 3.31. The minimum atomic E-state index is -0.811. The predicted octanol–water partition coefficient (Wildman–Crippen LogP) is 2.07. The highest BCUT2D eigenvalue weighted by atomic mass is 32.2. The first-order valence-electron chi connectivity index (χ1n) is 6.34. The van der Waals surface area contributed by atoms with E-state index in [1.54, 1.807) is 6.26 Å². The highest BCUT2D eigenvalue weighted by Crippen LogP contribution is 2.24. The normalized spacial score (nSPS) is 13.7. The standard InChI is InChI=1S/C14H16N4OS/c1-10(7-8-20(2)19)16-14-11-5-3-4-6-12(11)17-18-13(14)9-15/h3-6,10H,7-8H2,1-2H3,(H,16,17). The van der Waals surface area contributed by atoms with Crippen LogP contribution in [0.5, 0.6) is 0 Å². The van der Waals surface area contributed by atoms with E-state index in [1.165, 1.54) is 0 Å². The quantitative estimate of drug-likeness (QED) is 0.911. The number of nitriles is 1. The first kappa shape index (κ1) is 14.4. The monoisotopic (exact) mass is 288 g/mol. The highest BCUT2D eigenvalue weighted by Gasteiger charge is 2.12. The van der Waals surface area contributed by atoms with E-state index in [4.69, 9.17) is 5.26 Å². The van der Waals surface area contributed by atoms with Gasteiger partial charge in [-0.25, -0.2) is 0 Å². The molecule has 2 aromatic rings. The van der Waals surface area contributed by atoms with Gasteiger partial charge in [0, 0.05) is 34.2 Å². The van der Waals surface area contributed by atoms with Gasteiger partial charge in [-0.2, -0.15) is 5.26 Å². The molecular weight excluding hydrogens is 272 g/mol. The van der Waals surface area contributed by atoms with Crippen LogP contribution in [0.4, 0.5) is 5.69 Å². The Morgan fingerprint density at radius 2 is 2.15 bits per heavy atom. The lowest BCUT2D eigenvalue weighted by molar-refractivity contribution is 0.678. The molecule has 0 amide bonds. The zero-order valence-corrected chi connectivity index (χ0v) is 12.3. The first-order valence-corrected chi connectivity index (χ1v) is 8.06. The number of nitrogens with one attached hydrogen (secondary N) is 1. The third-order valence-corrected chi connectivity index (χ3v) is 3.81. The van der Waals surface area contributed by atoms with Crippen LogP contribution in [-0.2, 0) is 10.8 Å². The van der Waals surface area contributed by atoms with E-state index in [1.807, 2.05) is 31.2 Å². The van der Waals surface area contributed by atoms with Gasteiger partial charge in [-0.1, -0.05) is 18.2 Å². The second kappa shape index (κ2) is 6.44. The van der Waals surface area contributed by atoms with Crippen molar-refractivity contribution in [2.75, 3.05) is 17.3 Å². The van der Waals surface area contributed by atoms with Crippen LogP contribution in [0.15, 0.2) is 24.3 Å². The lowest BCUT2D eigenvalue weighted by atomic mass is 10.1. The summed E-state index contributed by atoms with van der Waals surface area (Å²) in [6, 6.07) is 9.74. The van der Waals surface area contributed by atoms with Gasteiger partial charge in [-0.3, -0.25) is 4.21 Å². The molecule has 0 radical (unpaired) electrons. The minimum Gasteiger partial charge on any atom is -0.380 e. The molecule has 104 valence electrons. The summed E-state index contributed by atoms with van der Waals surface area (Å²) in [7, 11) is -0.811. The Bertz CT molecular complexity index is 680. The Morgan fingerprint density at radius 3 is 2.85 bits per heavy atom. The summed E-state index contributed by atoms with van der Waals surface area (Å²) >= 11 is 0. The van der Waals surface area contributed by atoms with E-state index in [0.717, 1.165) is 17.3 Å². The van der Waals surface area contributed by atoms with Crippen molar-refractivity contribution in [3.05, 3.63) is 30.0 Å². The van der Waals surface area contributed by atoms with Crippen LogP contribution in [-0.4, -0.2) is 32.5 Å². The summed E-state index contributed by atoms with van der Waals surface area (Å²) in [5, 5.41) is 21.3. The van der Waals surface area contributed by atoms with Gasteiger partial charge < -0.3 is 5.32 Å². The van der Waals surface area contributed by atoms with E-state index in [-0.39, 0.29) is 11.7 Å². The van der Waals surface area contributed by atoms with Gasteiger partial charge >= 0.3 is 0 Å². The Morgan fingerprint density at radius 1 is 1.40 bits per heavy atom. The van der Waals surface area contributed by atoms with E-state index >= 15 is 0 Å². The topological polar surface area (TPSA) is 78.7 Å². The molecule has 0 saturated heterocycles. The van der Waals surface area contributed by atoms with Gasteiger partial charge in [-0.05, 0) is 19.4 Å². The molecule has 0 spiro atoms. The van der Waals surface area contributed by atoms with E-state index in [9.17, 15) is 4.21 Å². The van der Waals surface area contributed by atoms with E-state index in [2.05, 4.69) is 21.6 Å². The first-order chi connectivity index (χ1) is 9.61. The number of fused-ring (bicyclic) bond motifs is 1. The molecule has 0 aliphatic carbocycles. The van der Waals surface area contributed by atoms with Crippen molar-refractivity contribution in [1.29, 1.82) is 5.26 Å². The number of hydrogen-bond acceptors (Lipinski definition) is 5. The maximum atomic E-state index is 11.1. The largest absolute Gasteiger partial charge is 0.380 e. The minimum absolute atomic E-state index is 0.110. The molecule has 2 rings (SSSR count). The fourth-order valence-electron chi connectivity index (χ4n) is 1.94. The lowest BCUT2D eigenvalue weighted by Gasteiger charge is -2.16. The van der Waals surface area contributed by atoms with Crippen LogP contribution in [0, 0.1) is 11.3 Å². The predicted molar refractivity (Wildman–Crippen MR) is 80.9 cm³/mol. The fraction of sp³-hybridized carbons (Fsp3) is 0.357. The van der Waals surface area contributed by atoms with Gasteiger partial charge in [-0.15, -0.1) is 10.2 Å². The number of anilines is 1. The van der Waals surface area contributed by atoms with Crippen molar-refractivity contribution >= 4 is 27.4 Å². The highest BCUT2D eigenvalue weighted by molar-refractivity contribution is 7.84. The molecule has 0 aliphatic heterocycles. The summed E-state index contributed by atoms with van der Waals surface area (Å²) in [4.78, 5) is 0. The molecule has 1 heterocycles. The van der Waals surface area contributed by atoms with Crippen LogP contribution in [0.2, 0.25) is 0 Å². The summed E-state index contributed by atoms with van der Waals surface area (Å²) in [6.45, 7) is 2.00. The lowest BCUT2D eigenvalue weighted by Crippen LogP contribution is -2.19.